The van der Waals surface area contributed by atoms with Crippen LogP contribution < -0.4 is 4.74 Å². The number of nitrogens with zero attached hydrogens (tertiary/aromatic N) is 1. The van der Waals surface area contributed by atoms with Gasteiger partial charge in [-0.1, -0.05) is 159 Å². The summed E-state index contributed by atoms with van der Waals surface area (Å²) in [5.41, 5.74) is 12.3. The lowest BCUT2D eigenvalue weighted by Crippen LogP contribution is -2.43. The molecule has 2 heterocycles. The third-order valence-corrected chi connectivity index (χ3v) is 11.0. The lowest BCUT2D eigenvalue weighted by molar-refractivity contribution is 0.425. The van der Waals surface area contributed by atoms with Crippen LogP contribution in [0, 0.1) is 0 Å². The van der Waals surface area contributed by atoms with Gasteiger partial charge in [-0.25, -0.2) is 4.98 Å². The smallest absolute Gasteiger partial charge is 0.132 e. The van der Waals surface area contributed by atoms with Gasteiger partial charge in [0.25, 0.3) is 0 Å². The van der Waals surface area contributed by atoms with Crippen LogP contribution in [0.5, 0.6) is 11.5 Å². The number of pyridine rings is 1. The fourth-order valence-electron chi connectivity index (χ4n) is 8.76. The van der Waals surface area contributed by atoms with Gasteiger partial charge in [0, 0.05) is 32.9 Å². The summed E-state index contributed by atoms with van der Waals surface area (Å²) in [6.07, 6.45) is 0. The van der Waals surface area contributed by atoms with Crippen molar-refractivity contribution in [2.45, 2.75) is 24.7 Å². The van der Waals surface area contributed by atoms with Gasteiger partial charge in [-0.15, -0.1) is 0 Å². The lowest BCUT2D eigenvalue weighted by Gasteiger charge is -2.50. The predicted molar refractivity (Wildman–Crippen MR) is 201 cm³/mol. The number of fused-ring (bicyclic) bond motifs is 11. The number of hydrogen-bond acceptors (Lipinski definition) is 2. The highest BCUT2D eigenvalue weighted by Crippen LogP contribution is 2.61. The van der Waals surface area contributed by atoms with Crippen LogP contribution in [0.1, 0.15) is 47.2 Å². The second-order valence-electron chi connectivity index (χ2n) is 13.9. The van der Waals surface area contributed by atoms with Crippen molar-refractivity contribution >= 4 is 21.7 Å². The fourth-order valence-corrected chi connectivity index (χ4v) is 8.76. The standard InChI is InChI=1S/C47H33NO/c1-46(2)36-17-7-9-19-38(36)47(39-20-10-8-18-37(39)46)40-21-11-12-22-43(40)49-44-29-32(25-27-41(44)47)33-14-5-6-16-35(33)42-28-26-31-24-23-30-13-3-4-15-34(30)45(31)48-42/h3-29H,1-2H3. The van der Waals surface area contributed by atoms with Gasteiger partial charge < -0.3 is 4.74 Å². The molecule has 0 amide bonds. The highest BCUT2D eigenvalue weighted by molar-refractivity contribution is 6.06. The topological polar surface area (TPSA) is 22.1 Å². The molecule has 10 rings (SSSR count). The van der Waals surface area contributed by atoms with Crippen LogP contribution in [0.4, 0.5) is 0 Å². The van der Waals surface area contributed by atoms with Crippen molar-refractivity contribution in [3.05, 3.63) is 197 Å². The van der Waals surface area contributed by atoms with Crippen molar-refractivity contribution in [2.75, 3.05) is 0 Å². The van der Waals surface area contributed by atoms with Gasteiger partial charge in [0.1, 0.15) is 11.5 Å². The first-order chi connectivity index (χ1) is 24.0. The zero-order chi connectivity index (χ0) is 32.7. The number of para-hydroxylation sites is 1. The molecule has 0 unspecified atom stereocenters. The number of ether oxygens (including phenoxy) is 1. The van der Waals surface area contributed by atoms with E-state index < -0.39 is 5.41 Å². The van der Waals surface area contributed by atoms with Crippen molar-refractivity contribution in [1.29, 1.82) is 0 Å². The van der Waals surface area contributed by atoms with E-state index in [2.05, 4.69) is 178 Å². The molecule has 0 saturated carbocycles. The first-order valence-corrected chi connectivity index (χ1v) is 17.1. The summed E-state index contributed by atoms with van der Waals surface area (Å²) < 4.78 is 6.88. The maximum Gasteiger partial charge on any atom is 0.132 e. The van der Waals surface area contributed by atoms with Crippen molar-refractivity contribution in [3.8, 4) is 33.9 Å². The molecule has 2 heteroatoms. The Morgan fingerprint density at radius 1 is 0.449 bits per heavy atom. The summed E-state index contributed by atoms with van der Waals surface area (Å²) in [7, 11) is 0. The van der Waals surface area contributed by atoms with E-state index >= 15 is 0 Å². The van der Waals surface area contributed by atoms with Crippen LogP contribution in [0.3, 0.4) is 0 Å². The molecule has 2 nitrogen and oxygen atoms in total. The maximum absolute atomic E-state index is 6.88. The predicted octanol–water partition coefficient (Wildman–Crippen LogP) is 11.8. The van der Waals surface area contributed by atoms with Crippen LogP contribution >= 0.6 is 0 Å². The van der Waals surface area contributed by atoms with Crippen LogP contribution in [-0.2, 0) is 10.8 Å². The van der Waals surface area contributed by atoms with E-state index in [1.54, 1.807) is 0 Å². The molecule has 8 aromatic rings. The Balaban J connectivity index is 1.21. The monoisotopic (exact) mass is 627 g/mol. The Kier molecular flexibility index (Phi) is 5.87. The molecule has 0 atom stereocenters. The second-order valence-corrected chi connectivity index (χ2v) is 13.9. The first kappa shape index (κ1) is 28.1. The molecule has 0 saturated heterocycles. The Morgan fingerprint density at radius 3 is 1.80 bits per heavy atom. The summed E-state index contributed by atoms with van der Waals surface area (Å²) in [5, 5.41) is 3.51. The van der Waals surface area contributed by atoms with Crippen molar-refractivity contribution in [2.24, 2.45) is 0 Å². The van der Waals surface area contributed by atoms with Crippen LogP contribution in [-0.4, -0.2) is 4.98 Å². The molecule has 0 N–H and O–H groups in total. The Bertz CT molecular complexity index is 2580. The van der Waals surface area contributed by atoms with Gasteiger partial charge in [-0.2, -0.15) is 0 Å². The Morgan fingerprint density at radius 2 is 1.02 bits per heavy atom. The first-order valence-electron chi connectivity index (χ1n) is 17.1. The van der Waals surface area contributed by atoms with Gasteiger partial charge in [-0.05, 0) is 57.0 Å². The Labute approximate surface area is 286 Å². The van der Waals surface area contributed by atoms with Crippen molar-refractivity contribution in [1.82, 2.24) is 4.98 Å². The van der Waals surface area contributed by atoms with E-state index in [-0.39, 0.29) is 5.41 Å². The van der Waals surface area contributed by atoms with Gasteiger partial charge in [-0.3, -0.25) is 0 Å². The molecule has 0 fully saturated rings. The number of aromatic nitrogens is 1. The molecule has 7 aromatic carbocycles. The molecule has 1 spiro atoms. The largest absolute Gasteiger partial charge is 0.457 e. The van der Waals surface area contributed by atoms with E-state index in [1.165, 1.54) is 38.6 Å². The van der Waals surface area contributed by atoms with Crippen LogP contribution in [0.25, 0.3) is 44.1 Å². The summed E-state index contributed by atoms with van der Waals surface area (Å²) in [6, 6.07) is 59.2. The molecule has 0 bridgehead atoms. The van der Waals surface area contributed by atoms with E-state index in [0.29, 0.717) is 0 Å². The van der Waals surface area contributed by atoms with E-state index in [0.717, 1.165) is 50.3 Å². The highest BCUT2D eigenvalue weighted by Gasteiger charge is 2.52. The number of rotatable bonds is 2. The summed E-state index contributed by atoms with van der Waals surface area (Å²) in [6.45, 7) is 4.71. The quantitative estimate of drug-likeness (QED) is 0.178. The SMILES string of the molecule is CC1(C)c2ccccc2C2(c3ccccc3Oc3cc(-c4ccccc4-c4ccc5ccc6ccccc6c5n4)ccc32)c2ccccc21. The van der Waals surface area contributed by atoms with Gasteiger partial charge in [0.05, 0.1) is 16.6 Å². The van der Waals surface area contributed by atoms with E-state index in [4.69, 9.17) is 9.72 Å². The minimum Gasteiger partial charge on any atom is -0.457 e. The molecule has 232 valence electrons. The number of hydrogen-bond donors (Lipinski definition) is 0. The molecule has 49 heavy (non-hydrogen) atoms. The molecule has 0 radical (unpaired) electrons. The average Bonchev–Trinajstić information content (AvgIpc) is 3.16. The molecule has 2 aliphatic rings. The third-order valence-electron chi connectivity index (χ3n) is 11.0. The lowest BCUT2D eigenvalue weighted by atomic mass is 9.53. The Hall–Kier alpha value is -5.99. The third kappa shape index (κ3) is 3.86. The minimum atomic E-state index is -0.522. The molecule has 1 aromatic heterocycles. The van der Waals surface area contributed by atoms with E-state index in [9.17, 15) is 0 Å². The van der Waals surface area contributed by atoms with Gasteiger partial charge in [0.15, 0.2) is 0 Å². The zero-order valence-corrected chi connectivity index (χ0v) is 27.4. The molecular weight excluding hydrogens is 595 g/mol. The summed E-state index contributed by atoms with van der Waals surface area (Å²) in [4.78, 5) is 5.28. The van der Waals surface area contributed by atoms with E-state index in [1.807, 2.05) is 0 Å². The zero-order valence-electron chi connectivity index (χ0n) is 27.4. The van der Waals surface area contributed by atoms with Gasteiger partial charge >= 0.3 is 0 Å². The molecule has 1 aliphatic carbocycles. The second kappa shape index (κ2) is 10.3. The summed E-state index contributed by atoms with van der Waals surface area (Å²) >= 11 is 0. The van der Waals surface area contributed by atoms with Gasteiger partial charge in [0.2, 0.25) is 0 Å². The van der Waals surface area contributed by atoms with Crippen molar-refractivity contribution in [3.63, 3.8) is 0 Å². The highest BCUT2D eigenvalue weighted by atomic mass is 16.5. The molecule has 1 aliphatic heterocycles. The number of benzene rings is 7. The fraction of sp³-hybridized carbons (Fsp3) is 0.0851. The minimum absolute atomic E-state index is 0.150. The van der Waals surface area contributed by atoms with Crippen LogP contribution in [0.2, 0.25) is 0 Å². The summed E-state index contributed by atoms with van der Waals surface area (Å²) in [5.74, 6) is 1.78. The normalized spacial score (nSPS) is 14.8. The van der Waals surface area contributed by atoms with Crippen molar-refractivity contribution < 1.29 is 4.74 Å². The average molecular weight is 628 g/mol. The molecular formula is C47H33NO. The van der Waals surface area contributed by atoms with Crippen LogP contribution in [0.15, 0.2) is 164 Å². The maximum atomic E-state index is 6.88.